The molecule has 0 saturated heterocycles. The first-order valence-corrected chi connectivity index (χ1v) is 4.47. The lowest BCUT2D eigenvalue weighted by molar-refractivity contribution is 0.0567. The van der Waals surface area contributed by atoms with E-state index in [9.17, 15) is 9.59 Å². The summed E-state index contributed by atoms with van der Waals surface area (Å²) in [4.78, 5) is 21.9. The fraction of sp³-hybridized carbons (Fsp3) is 0.0909. The highest BCUT2D eigenvalue weighted by atomic mass is 16.5. The van der Waals surface area contributed by atoms with E-state index in [1.807, 2.05) is 0 Å². The smallest absolute Gasteiger partial charge is 0.373 e. The molecular weight excluding hydrogens is 212 g/mol. The number of hydrogen-bond donors (Lipinski definition) is 1. The highest BCUT2D eigenvalue weighted by Gasteiger charge is 2.13. The van der Waals surface area contributed by atoms with Crippen LogP contribution in [0, 0.1) is 0 Å². The van der Waals surface area contributed by atoms with Gasteiger partial charge in [0.25, 0.3) is 0 Å². The number of carboxylic acids is 1. The van der Waals surface area contributed by atoms with Gasteiger partial charge in [-0.05, 0) is 24.3 Å². The number of hydrogen-bond acceptors (Lipinski definition) is 4. The molecule has 5 nitrogen and oxygen atoms in total. The molecule has 2 rings (SSSR count). The Morgan fingerprint density at radius 3 is 2.69 bits per heavy atom. The number of ether oxygens (including phenoxy) is 1. The predicted molar refractivity (Wildman–Crippen MR) is 54.5 cm³/mol. The summed E-state index contributed by atoms with van der Waals surface area (Å²) in [5.74, 6) is -1.56. The van der Waals surface area contributed by atoms with E-state index in [2.05, 4.69) is 4.74 Å². The van der Waals surface area contributed by atoms with E-state index in [4.69, 9.17) is 9.52 Å². The number of carboxylic acid groups (broad SMARTS) is 1. The van der Waals surface area contributed by atoms with Crippen molar-refractivity contribution in [2.24, 2.45) is 0 Å². The van der Waals surface area contributed by atoms with Gasteiger partial charge in [0.05, 0.1) is 12.7 Å². The van der Waals surface area contributed by atoms with Crippen molar-refractivity contribution in [1.29, 1.82) is 0 Å². The number of fused-ring (bicyclic) bond motifs is 1. The summed E-state index contributed by atoms with van der Waals surface area (Å²) in [6.45, 7) is 0. The quantitative estimate of drug-likeness (QED) is 0.782. The van der Waals surface area contributed by atoms with Gasteiger partial charge in [-0.1, -0.05) is 0 Å². The fourth-order valence-corrected chi connectivity index (χ4v) is 1.38. The number of benzene rings is 1. The summed E-state index contributed by atoms with van der Waals surface area (Å²) >= 11 is 0. The molecule has 0 fully saturated rings. The molecule has 0 unspecified atom stereocenters. The van der Waals surface area contributed by atoms with Crippen molar-refractivity contribution in [3.8, 4) is 0 Å². The molecule has 0 radical (unpaired) electrons. The molecule has 0 spiro atoms. The van der Waals surface area contributed by atoms with Crippen molar-refractivity contribution in [2.45, 2.75) is 0 Å². The molecule has 1 heterocycles. The Balaban J connectivity index is 2.54. The number of furan rings is 1. The number of carbonyl (C=O) groups is 2. The van der Waals surface area contributed by atoms with Gasteiger partial charge >= 0.3 is 11.9 Å². The zero-order valence-corrected chi connectivity index (χ0v) is 8.39. The average Bonchev–Trinajstić information content (AvgIpc) is 2.70. The van der Waals surface area contributed by atoms with Crippen molar-refractivity contribution < 1.29 is 23.8 Å². The third-order valence-corrected chi connectivity index (χ3v) is 2.15. The first-order valence-electron chi connectivity index (χ1n) is 4.47. The van der Waals surface area contributed by atoms with E-state index in [1.54, 1.807) is 0 Å². The summed E-state index contributed by atoms with van der Waals surface area (Å²) in [6, 6.07) is 5.81. The average molecular weight is 220 g/mol. The van der Waals surface area contributed by atoms with E-state index >= 15 is 0 Å². The molecule has 1 N–H and O–H groups in total. The van der Waals surface area contributed by atoms with E-state index in [0.29, 0.717) is 11.0 Å². The van der Waals surface area contributed by atoms with Crippen molar-refractivity contribution in [3.63, 3.8) is 0 Å². The number of rotatable bonds is 2. The third-order valence-electron chi connectivity index (χ3n) is 2.15. The summed E-state index contributed by atoms with van der Waals surface area (Å²) in [5.41, 5.74) is 0.593. The second kappa shape index (κ2) is 3.69. The molecule has 0 saturated carbocycles. The van der Waals surface area contributed by atoms with Crippen LogP contribution in [0.2, 0.25) is 0 Å². The van der Waals surface area contributed by atoms with Gasteiger partial charge in [0.15, 0.2) is 0 Å². The lowest BCUT2D eigenvalue weighted by Gasteiger charge is -1.92. The highest BCUT2D eigenvalue weighted by Crippen LogP contribution is 2.21. The zero-order valence-electron chi connectivity index (χ0n) is 8.39. The maximum Gasteiger partial charge on any atom is 0.373 e. The molecule has 0 aliphatic carbocycles. The van der Waals surface area contributed by atoms with Gasteiger partial charge in [0.2, 0.25) is 5.76 Å². The van der Waals surface area contributed by atoms with Crippen LogP contribution >= 0.6 is 0 Å². The first-order chi connectivity index (χ1) is 7.61. The minimum atomic E-state index is -1.03. The minimum Gasteiger partial charge on any atom is -0.478 e. The number of esters is 1. The lowest BCUT2D eigenvalue weighted by Crippen LogP contribution is -1.97. The van der Waals surface area contributed by atoms with E-state index < -0.39 is 11.9 Å². The van der Waals surface area contributed by atoms with Crippen LogP contribution in [-0.2, 0) is 4.74 Å². The molecule has 0 bridgehead atoms. The van der Waals surface area contributed by atoms with Crippen LogP contribution in [0.25, 0.3) is 11.0 Å². The summed E-state index contributed by atoms with van der Waals surface area (Å²) < 4.78 is 9.68. The minimum absolute atomic E-state index is 0.0556. The standard InChI is InChI=1S/C11H8O5/c1-15-11(14)9-5-7-4-6(10(12)13)2-3-8(7)16-9/h2-5H,1H3,(H,12,13). The largest absolute Gasteiger partial charge is 0.478 e. The van der Waals surface area contributed by atoms with Crippen LogP contribution in [0.15, 0.2) is 28.7 Å². The van der Waals surface area contributed by atoms with Crippen LogP contribution in [0.1, 0.15) is 20.9 Å². The Morgan fingerprint density at radius 2 is 2.06 bits per heavy atom. The van der Waals surface area contributed by atoms with Crippen molar-refractivity contribution in [2.75, 3.05) is 7.11 Å². The predicted octanol–water partition coefficient (Wildman–Crippen LogP) is 1.92. The molecule has 1 aromatic carbocycles. The molecule has 0 atom stereocenters. The molecule has 2 aromatic rings. The fourth-order valence-electron chi connectivity index (χ4n) is 1.38. The molecular formula is C11H8O5. The SMILES string of the molecule is COC(=O)c1cc2cc(C(=O)O)ccc2o1. The Bertz CT molecular complexity index is 567. The normalized spacial score (nSPS) is 10.3. The van der Waals surface area contributed by atoms with Crippen LogP contribution in [0.4, 0.5) is 0 Å². The Morgan fingerprint density at radius 1 is 1.31 bits per heavy atom. The summed E-state index contributed by atoms with van der Waals surface area (Å²) in [6.07, 6.45) is 0. The number of methoxy groups -OCH3 is 1. The van der Waals surface area contributed by atoms with Crippen LogP contribution in [-0.4, -0.2) is 24.2 Å². The second-order valence-corrected chi connectivity index (χ2v) is 3.16. The zero-order chi connectivity index (χ0) is 11.7. The van der Waals surface area contributed by atoms with Gasteiger partial charge in [-0.2, -0.15) is 0 Å². The van der Waals surface area contributed by atoms with E-state index in [-0.39, 0.29) is 11.3 Å². The highest BCUT2D eigenvalue weighted by molar-refractivity contribution is 5.96. The van der Waals surface area contributed by atoms with Crippen molar-refractivity contribution in [3.05, 3.63) is 35.6 Å². The monoisotopic (exact) mass is 220 g/mol. The molecule has 16 heavy (non-hydrogen) atoms. The van der Waals surface area contributed by atoms with Crippen LogP contribution in [0.3, 0.4) is 0 Å². The summed E-state index contributed by atoms with van der Waals surface area (Å²) in [5, 5.41) is 9.34. The Hall–Kier alpha value is -2.30. The van der Waals surface area contributed by atoms with E-state index in [1.165, 1.54) is 31.4 Å². The maximum absolute atomic E-state index is 11.2. The van der Waals surface area contributed by atoms with Gasteiger partial charge in [0, 0.05) is 5.39 Å². The summed E-state index contributed by atoms with van der Waals surface area (Å²) in [7, 11) is 1.25. The van der Waals surface area contributed by atoms with E-state index in [0.717, 1.165) is 0 Å². The number of aromatic carboxylic acids is 1. The van der Waals surface area contributed by atoms with Gasteiger partial charge in [-0.3, -0.25) is 0 Å². The molecule has 0 aliphatic heterocycles. The van der Waals surface area contributed by atoms with Gasteiger partial charge < -0.3 is 14.3 Å². The first kappa shape index (κ1) is 10.2. The molecule has 5 heteroatoms. The van der Waals surface area contributed by atoms with Gasteiger partial charge in [0.1, 0.15) is 5.58 Å². The van der Waals surface area contributed by atoms with Gasteiger partial charge in [-0.25, -0.2) is 9.59 Å². The molecule has 0 aliphatic rings. The Labute approximate surface area is 90.2 Å². The van der Waals surface area contributed by atoms with Crippen LogP contribution < -0.4 is 0 Å². The Kier molecular flexibility index (Phi) is 2.36. The molecule has 1 aromatic heterocycles. The molecule has 82 valence electrons. The topological polar surface area (TPSA) is 76.7 Å². The third kappa shape index (κ3) is 1.63. The second-order valence-electron chi connectivity index (χ2n) is 3.16. The molecule has 0 amide bonds. The van der Waals surface area contributed by atoms with Crippen LogP contribution in [0.5, 0.6) is 0 Å². The number of carbonyl (C=O) groups excluding carboxylic acids is 1. The van der Waals surface area contributed by atoms with Crippen molar-refractivity contribution in [1.82, 2.24) is 0 Å². The van der Waals surface area contributed by atoms with Crippen molar-refractivity contribution >= 4 is 22.9 Å². The maximum atomic E-state index is 11.2. The van der Waals surface area contributed by atoms with Gasteiger partial charge in [-0.15, -0.1) is 0 Å². The lowest BCUT2D eigenvalue weighted by atomic mass is 10.1.